The van der Waals surface area contributed by atoms with Crippen molar-refractivity contribution in [1.29, 1.82) is 0 Å². The average molecular weight is 306 g/mol. The Bertz CT molecular complexity index is 767. The lowest BCUT2D eigenvalue weighted by molar-refractivity contribution is 0.390. The lowest BCUT2D eigenvalue weighted by atomic mass is 9.99. The standard InChI is InChI=1S/C14H18N4O2S/c1-2-13-16-8-14(17-13)21(19,20)18-7-6-11-10(9-18)4-3-5-12(11)15/h3-5,8H,2,6-7,9,15H2,1H3,(H,16,17). The molecular formula is C14H18N4O2S. The zero-order valence-electron chi connectivity index (χ0n) is 11.8. The molecule has 0 aliphatic carbocycles. The zero-order chi connectivity index (χ0) is 15.0. The Kier molecular flexibility index (Phi) is 3.46. The third-order valence-corrected chi connectivity index (χ3v) is 5.58. The number of nitrogens with one attached hydrogen (secondary N) is 1. The molecule has 0 unspecified atom stereocenters. The maximum Gasteiger partial charge on any atom is 0.260 e. The predicted octanol–water partition coefficient (Wildman–Crippen LogP) is 1.30. The van der Waals surface area contributed by atoms with Gasteiger partial charge in [0.2, 0.25) is 0 Å². The second-order valence-electron chi connectivity index (χ2n) is 5.12. The van der Waals surface area contributed by atoms with E-state index in [-0.39, 0.29) is 5.03 Å². The second-order valence-corrected chi connectivity index (χ2v) is 7.03. The van der Waals surface area contributed by atoms with Gasteiger partial charge in [-0.25, -0.2) is 13.4 Å². The molecule has 2 heterocycles. The molecule has 6 nitrogen and oxygen atoms in total. The van der Waals surface area contributed by atoms with Gasteiger partial charge in [0, 0.05) is 25.2 Å². The Morgan fingerprint density at radius 1 is 1.43 bits per heavy atom. The Labute approximate surface area is 124 Å². The topological polar surface area (TPSA) is 92.1 Å². The SMILES string of the molecule is CCc1ncc(S(=O)(=O)N2CCc3c(N)cccc3C2)[nH]1. The van der Waals surface area contributed by atoms with Crippen LogP contribution in [0.2, 0.25) is 0 Å². The van der Waals surface area contributed by atoms with Gasteiger partial charge in [-0.2, -0.15) is 4.31 Å². The largest absolute Gasteiger partial charge is 0.398 e. The number of anilines is 1. The first kappa shape index (κ1) is 14.1. The van der Waals surface area contributed by atoms with Crippen LogP contribution in [-0.2, 0) is 29.4 Å². The van der Waals surface area contributed by atoms with E-state index in [0.717, 1.165) is 16.8 Å². The summed E-state index contributed by atoms with van der Waals surface area (Å²) in [6.45, 7) is 2.71. The van der Waals surface area contributed by atoms with Crippen LogP contribution in [0.1, 0.15) is 23.9 Å². The molecule has 2 aromatic rings. The number of sulfonamides is 1. The summed E-state index contributed by atoms with van der Waals surface area (Å²) in [5.41, 5.74) is 8.71. The van der Waals surface area contributed by atoms with E-state index in [1.165, 1.54) is 10.5 Å². The van der Waals surface area contributed by atoms with Gasteiger partial charge in [0.1, 0.15) is 5.82 Å². The van der Waals surface area contributed by atoms with E-state index in [9.17, 15) is 8.42 Å². The van der Waals surface area contributed by atoms with Crippen molar-refractivity contribution in [2.75, 3.05) is 12.3 Å². The van der Waals surface area contributed by atoms with E-state index in [2.05, 4.69) is 9.97 Å². The number of fused-ring (bicyclic) bond motifs is 1. The van der Waals surface area contributed by atoms with Gasteiger partial charge in [-0.1, -0.05) is 19.1 Å². The number of aromatic amines is 1. The van der Waals surface area contributed by atoms with Crippen LogP contribution >= 0.6 is 0 Å². The minimum Gasteiger partial charge on any atom is -0.398 e. The van der Waals surface area contributed by atoms with Crippen LogP contribution in [0.4, 0.5) is 5.69 Å². The van der Waals surface area contributed by atoms with Gasteiger partial charge in [0.05, 0.1) is 6.20 Å². The van der Waals surface area contributed by atoms with E-state index >= 15 is 0 Å². The van der Waals surface area contributed by atoms with E-state index in [1.54, 1.807) is 0 Å². The zero-order valence-corrected chi connectivity index (χ0v) is 12.7. The number of benzene rings is 1. The lowest BCUT2D eigenvalue weighted by Gasteiger charge is -2.28. The Balaban J connectivity index is 1.91. The number of hydrogen-bond acceptors (Lipinski definition) is 4. The molecule has 3 rings (SSSR count). The first-order valence-corrected chi connectivity index (χ1v) is 8.36. The Morgan fingerprint density at radius 2 is 2.24 bits per heavy atom. The molecule has 0 amide bonds. The molecular weight excluding hydrogens is 288 g/mol. The van der Waals surface area contributed by atoms with Crippen LogP contribution in [0.15, 0.2) is 29.4 Å². The molecule has 21 heavy (non-hydrogen) atoms. The van der Waals surface area contributed by atoms with Crippen molar-refractivity contribution >= 4 is 15.7 Å². The van der Waals surface area contributed by atoms with Crippen LogP contribution < -0.4 is 5.73 Å². The number of hydrogen-bond donors (Lipinski definition) is 2. The van der Waals surface area contributed by atoms with Crippen molar-refractivity contribution in [1.82, 2.24) is 14.3 Å². The molecule has 1 aliphatic rings. The van der Waals surface area contributed by atoms with Gasteiger partial charge in [0.15, 0.2) is 5.03 Å². The summed E-state index contributed by atoms with van der Waals surface area (Å²) >= 11 is 0. The minimum atomic E-state index is -3.53. The summed E-state index contributed by atoms with van der Waals surface area (Å²) in [5.74, 6) is 0.676. The first-order chi connectivity index (χ1) is 10.0. The predicted molar refractivity (Wildman–Crippen MR) is 80.1 cm³/mol. The summed E-state index contributed by atoms with van der Waals surface area (Å²) in [6, 6.07) is 5.64. The molecule has 1 aliphatic heterocycles. The van der Waals surface area contributed by atoms with Crippen LogP contribution in [0.5, 0.6) is 0 Å². The molecule has 0 saturated carbocycles. The van der Waals surface area contributed by atoms with Gasteiger partial charge in [-0.3, -0.25) is 0 Å². The molecule has 1 aromatic carbocycles. The van der Waals surface area contributed by atoms with E-state index in [1.807, 2.05) is 25.1 Å². The van der Waals surface area contributed by atoms with E-state index in [0.29, 0.717) is 31.8 Å². The van der Waals surface area contributed by atoms with Crippen LogP contribution in [0.25, 0.3) is 0 Å². The molecule has 0 atom stereocenters. The quantitative estimate of drug-likeness (QED) is 0.836. The highest BCUT2D eigenvalue weighted by Gasteiger charge is 2.30. The molecule has 0 fully saturated rings. The summed E-state index contributed by atoms with van der Waals surface area (Å²) < 4.78 is 26.7. The molecule has 0 radical (unpaired) electrons. The first-order valence-electron chi connectivity index (χ1n) is 6.92. The third kappa shape index (κ3) is 2.43. The Hall–Kier alpha value is -1.86. The van der Waals surface area contributed by atoms with Crippen molar-refractivity contribution in [3.05, 3.63) is 41.3 Å². The summed E-state index contributed by atoms with van der Waals surface area (Å²) in [7, 11) is -3.53. The van der Waals surface area contributed by atoms with Crippen molar-refractivity contribution in [2.24, 2.45) is 0 Å². The van der Waals surface area contributed by atoms with Crippen LogP contribution in [0, 0.1) is 0 Å². The fourth-order valence-corrected chi connectivity index (χ4v) is 3.96. The van der Waals surface area contributed by atoms with Crippen LogP contribution in [-0.4, -0.2) is 29.2 Å². The number of nitrogen functional groups attached to an aromatic ring is 1. The number of nitrogens with zero attached hydrogens (tertiary/aromatic N) is 2. The number of H-pyrrole nitrogens is 1. The number of aromatic nitrogens is 2. The van der Waals surface area contributed by atoms with Crippen LogP contribution in [0.3, 0.4) is 0 Å². The number of nitrogens with two attached hydrogens (primary N) is 1. The van der Waals surface area contributed by atoms with E-state index in [4.69, 9.17) is 5.73 Å². The van der Waals surface area contributed by atoms with Gasteiger partial charge in [0.25, 0.3) is 10.0 Å². The normalized spacial score (nSPS) is 15.9. The number of aryl methyl sites for hydroxylation is 1. The number of imidazole rings is 1. The highest BCUT2D eigenvalue weighted by atomic mass is 32.2. The molecule has 7 heteroatoms. The molecule has 1 aromatic heterocycles. The third-order valence-electron chi connectivity index (χ3n) is 3.83. The Morgan fingerprint density at radius 3 is 2.95 bits per heavy atom. The lowest BCUT2D eigenvalue weighted by Crippen LogP contribution is -2.36. The van der Waals surface area contributed by atoms with Crippen molar-refractivity contribution in [3.8, 4) is 0 Å². The molecule has 112 valence electrons. The van der Waals surface area contributed by atoms with E-state index < -0.39 is 10.0 Å². The molecule has 0 saturated heterocycles. The maximum atomic E-state index is 12.6. The fourth-order valence-electron chi connectivity index (χ4n) is 2.61. The van der Waals surface area contributed by atoms with Gasteiger partial charge >= 0.3 is 0 Å². The monoisotopic (exact) mass is 306 g/mol. The fraction of sp³-hybridized carbons (Fsp3) is 0.357. The van der Waals surface area contributed by atoms with Crippen molar-refractivity contribution in [3.63, 3.8) is 0 Å². The molecule has 3 N–H and O–H groups in total. The highest BCUT2D eigenvalue weighted by molar-refractivity contribution is 7.89. The van der Waals surface area contributed by atoms with Gasteiger partial charge < -0.3 is 10.7 Å². The minimum absolute atomic E-state index is 0.159. The summed E-state index contributed by atoms with van der Waals surface area (Å²) in [5, 5.41) is 0.159. The molecule has 0 spiro atoms. The van der Waals surface area contributed by atoms with Crippen molar-refractivity contribution < 1.29 is 8.42 Å². The van der Waals surface area contributed by atoms with Gasteiger partial charge in [-0.05, 0) is 23.6 Å². The average Bonchev–Trinajstić information content (AvgIpc) is 2.97. The van der Waals surface area contributed by atoms with Gasteiger partial charge in [-0.15, -0.1) is 0 Å². The number of rotatable bonds is 3. The highest BCUT2D eigenvalue weighted by Crippen LogP contribution is 2.27. The second kappa shape index (κ2) is 5.16. The summed E-state index contributed by atoms with van der Waals surface area (Å²) in [4.78, 5) is 6.94. The maximum absolute atomic E-state index is 12.6. The van der Waals surface area contributed by atoms with Crippen molar-refractivity contribution in [2.45, 2.75) is 31.3 Å². The summed E-state index contributed by atoms with van der Waals surface area (Å²) in [6.07, 6.45) is 2.70. The molecule has 0 bridgehead atoms. The smallest absolute Gasteiger partial charge is 0.260 e.